The summed E-state index contributed by atoms with van der Waals surface area (Å²) in [5, 5.41) is 2.07. The maximum atomic E-state index is 5.33. The molecule has 0 bridgehead atoms. The zero-order valence-electron chi connectivity index (χ0n) is 7.44. The Balaban J connectivity index is 0.000000980. The summed E-state index contributed by atoms with van der Waals surface area (Å²) in [6.45, 7) is 0. The average molecular weight is 227 g/mol. The van der Waals surface area contributed by atoms with Crippen LogP contribution < -0.4 is 11.3 Å². The van der Waals surface area contributed by atoms with Crippen molar-refractivity contribution in [3.8, 4) is 10.4 Å². The van der Waals surface area contributed by atoms with Crippen LogP contribution in [-0.4, -0.2) is 0 Å². The van der Waals surface area contributed by atoms with E-state index in [1.807, 2.05) is 24.3 Å². The molecule has 2 aromatic rings. The van der Waals surface area contributed by atoms with Crippen molar-refractivity contribution >= 4 is 29.4 Å². The third-order valence-electron chi connectivity index (χ3n) is 1.83. The van der Waals surface area contributed by atoms with Gasteiger partial charge in [0, 0.05) is 10.6 Å². The first-order valence-corrected chi connectivity index (χ1v) is 4.88. The van der Waals surface area contributed by atoms with Gasteiger partial charge in [0.1, 0.15) is 0 Å². The highest BCUT2D eigenvalue weighted by Crippen LogP contribution is 2.26. The quantitative estimate of drug-likeness (QED) is 0.610. The molecule has 0 aliphatic carbocycles. The minimum atomic E-state index is 0. The van der Waals surface area contributed by atoms with Crippen molar-refractivity contribution in [3.63, 3.8) is 0 Å². The lowest BCUT2D eigenvalue weighted by Crippen LogP contribution is -2.06. The van der Waals surface area contributed by atoms with Crippen LogP contribution >= 0.6 is 23.7 Å². The van der Waals surface area contributed by atoms with E-state index >= 15 is 0 Å². The molecule has 2 rings (SSSR count). The van der Waals surface area contributed by atoms with Crippen LogP contribution in [-0.2, 0) is 0 Å². The van der Waals surface area contributed by atoms with Crippen molar-refractivity contribution in [2.75, 3.05) is 5.43 Å². The van der Waals surface area contributed by atoms with Crippen LogP contribution in [0.1, 0.15) is 0 Å². The summed E-state index contributed by atoms with van der Waals surface area (Å²) >= 11 is 1.73. The van der Waals surface area contributed by atoms with Crippen LogP contribution in [0.3, 0.4) is 0 Å². The van der Waals surface area contributed by atoms with Crippen molar-refractivity contribution in [2.24, 2.45) is 5.84 Å². The topological polar surface area (TPSA) is 38.0 Å². The van der Waals surface area contributed by atoms with Gasteiger partial charge in [0.05, 0.1) is 0 Å². The summed E-state index contributed by atoms with van der Waals surface area (Å²) in [5.74, 6) is 5.33. The number of hydrogen-bond donors (Lipinski definition) is 2. The number of hydrogen-bond acceptors (Lipinski definition) is 3. The van der Waals surface area contributed by atoms with Crippen molar-refractivity contribution in [1.82, 2.24) is 0 Å². The highest BCUT2D eigenvalue weighted by Gasteiger charge is 1.98. The van der Waals surface area contributed by atoms with Gasteiger partial charge in [0.15, 0.2) is 0 Å². The van der Waals surface area contributed by atoms with Crippen molar-refractivity contribution in [3.05, 3.63) is 41.8 Å². The summed E-state index contributed by atoms with van der Waals surface area (Å²) in [6, 6.07) is 12.2. The van der Waals surface area contributed by atoms with E-state index in [1.54, 1.807) is 11.3 Å². The molecular formula is C10H11ClN2S. The number of nitrogens with one attached hydrogen (secondary N) is 1. The molecule has 0 aliphatic rings. The van der Waals surface area contributed by atoms with Gasteiger partial charge in [-0.05, 0) is 29.1 Å². The second-order valence-electron chi connectivity index (χ2n) is 2.70. The standard InChI is InChI=1S/C10H10N2S.ClH/c11-12-9-4-1-3-8(7-9)10-5-2-6-13-10;/h1-7,12H,11H2;1H. The molecule has 4 heteroatoms. The number of thiophene rings is 1. The molecule has 0 atom stereocenters. The van der Waals surface area contributed by atoms with Gasteiger partial charge in [-0.2, -0.15) is 0 Å². The molecular weight excluding hydrogens is 216 g/mol. The van der Waals surface area contributed by atoms with Crippen LogP contribution in [0.15, 0.2) is 41.8 Å². The predicted octanol–water partition coefficient (Wildman–Crippen LogP) is 3.12. The first kappa shape index (κ1) is 11.0. The first-order valence-electron chi connectivity index (χ1n) is 4.01. The lowest BCUT2D eigenvalue weighted by Gasteiger charge is -2.01. The molecule has 1 heterocycles. The molecule has 0 spiro atoms. The fraction of sp³-hybridized carbons (Fsp3) is 0. The second kappa shape index (κ2) is 5.00. The Labute approximate surface area is 93.1 Å². The molecule has 0 aliphatic heterocycles. The van der Waals surface area contributed by atoms with Gasteiger partial charge in [0.25, 0.3) is 0 Å². The highest BCUT2D eigenvalue weighted by atomic mass is 35.5. The van der Waals surface area contributed by atoms with E-state index in [2.05, 4.69) is 22.9 Å². The Kier molecular flexibility index (Phi) is 3.95. The van der Waals surface area contributed by atoms with Gasteiger partial charge in [0.2, 0.25) is 0 Å². The summed E-state index contributed by atoms with van der Waals surface area (Å²) < 4.78 is 0. The van der Waals surface area contributed by atoms with Crippen LogP contribution in [0.5, 0.6) is 0 Å². The number of hydrazine groups is 1. The fourth-order valence-corrected chi connectivity index (χ4v) is 1.93. The van der Waals surface area contributed by atoms with E-state index in [0.29, 0.717) is 0 Å². The summed E-state index contributed by atoms with van der Waals surface area (Å²) in [5.41, 5.74) is 4.77. The molecule has 14 heavy (non-hydrogen) atoms. The SMILES string of the molecule is Cl.NNc1cccc(-c2cccs2)c1. The number of halogens is 1. The Bertz CT molecular complexity index is 387. The first-order chi connectivity index (χ1) is 6.40. The minimum Gasteiger partial charge on any atom is -0.324 e. The van der Waals surface area contributed by atoms with Crippen LogP contribution in [0.2, 0.25) is 0 Å². The average Bonchev–Trinajstić information content (AvgIpc) is 2.71. The van der Waals surface area contributed by atoms with Gasteiger partial charge >= 0.3 is 0 Å². The van der Waals surface area contributed by atoms with E-state index < -0.39 is 0 Å². The molecule has 74 valence electrons. The second-order valence-corrected chi connectivity index (χ2v) is 3.65. The molecule has 0 saturated heterocycles. The van der Waals surface area contributed by atoms with E-state index in [-0.39, 0.29) is 12.4 Å². The van der Waals surface area contributed by atoms with Gasteiger partial charge in [-0.1, -0.05) is 18.2 Å². The monoisotopic (exact) mass is 226 g/mol. The summed E-state index contributed by atoms with van der Waals surface area (Å²) in [6.07, 6.45) is 0. The van der Waals surface area contributed by atoms with E-state index in [4.69, 9.17) is 5.84 Å². The maximum absolute atomic E-state index is 5.33. The van der Waals surface area contributed by atoms with Gasteiger partial charge in [-0.25, -0.2) is 0 Å². The molecule has 0 amide bonds. The fourth-order valence-electron chi connectivity index (χ4n) is 1.21. The highest BCUT2D eigenvalue weighted by molar-refractivity contribution is 7.13. The van der Waals surface area contributed by atoms with E-state index in [1.165, 1.54) is 10.4 Å². The van der Waals surface area contributed by atoms with Gasteiger partial charge < -0.3 is 5.43 Å². The summed E-state index contributed by atoms with van der Waals surface area (Å²) in [4.78, 5) is 1.26. The van der Waals surface area contributed by atoms with Crippen molar-refractivity contribution < 1.29 is 0 Å². The number of anilines is 1. The Hall–Kier alpha value is -1.03. The zero-order valence-corrected chi connectivity index (χ0v) is 9.07. The predicted molar refractivity (Wildman–Crippen MR) is 64.8 cm³/mol. The van der Waals surface area contributed by atoms with Crippen LogP contribution in [0.4, 0.5) is 5.69 Å². The number of benzene rings is 1. The normalized spacial score (nSPS) is 9.21. The van der Waals surface area contributed by atoms with Crippen molar-refractivity contribution in [1.29, 1.82) is 0 Å². The lowest BCUT2D eigenvalue weighted by atomic mass is 10.2. The number of nitrogen functional groups attached to an aromatic ring is 1. The smallest absolute Gasteiger partial charge is 0.0491 e. The van der Waals surface area contributed by atoms with E-state index in [0.717, 1.165) is 5.69 Å². The number of rotatable bonds is 2. The molecule has 1 aromatic carbocycles. The zero-order chi connectivity index (χ0) is 9.10. The largest absolute Gasteiger partial charge is 0.324 e. The van der Waals surface area contributed by atoms with Crippen LogP contribution in [0, 0.1) is 0 Å². The van der Waals surface area contributed by atoms with Gasteiger partial charge in [-0.15, -0.1) is 23.7 Å². The molecule has 1 aromatic heterocycles. The molecule has 3 N–H and O–H groups in total. The number of nitrogens with two attached hydrogens (primary N) is 1. The molecule has 0 fully saturated rings. The Morgan fingerprint density at radius 1 is 1.14 bits per heavy atom. The Morgan fingerprint density at radius 3 is 2.64 bits per heavy atom. The minimum absolute atomic E-state index is 0. The van der Waals surface area contributed by atoms with Gasteiger partial charge in [-0.3, -0.25) is 5.84 Å². The molecule has 0 saturated carbocycles. The molecule has 2 nitrogen and oxygen atoms in total. The maximum Gasteiger partial charge on any atom is 0.0491 e. The van der Waals surface area contributed by atoms with E-state index in [9.17, 15) is 0 Å². The van der Waals surface area contributed by atoms with Crippen LogP contribution in [0.25, 0.3) is 10.4 Å². The third-order valence-corrected chi connectivity index (χ3v) is 2.75. The third kappa shape index (κ3) is 2.26. The Morgan fingerprint density at radius 2 is 2.00 bits per heavy atom. The molecule has 0 radical (unpaired) electrons. The lowest BCUT2D eigenvalue weighted by molar-refractivity contribution is 1.35. The molecule has 0 unspecified atom stereocenters. The van der Waals surface area contributed by atoms with Crippen molar-refractivity contribution in [2.45, 2.75) is 0 Å². The summed E-state index contributed by atoms with van der Waals surface area (Å²) in [7, 11) is 0.